The highest BCUT2D eigenvalue weighted by Gasteiger charge is 2.15. The Morgan fingerprint density at radius 1 is 1.03 bits per heavy atom. The minimum Gasteiger partial charge on any atom is -0.355 e. The Balaban J connectivity index is 1.58. The van der Waals surface area contributed by atoms with Gasteiger partial charge in [-0.15, -0.1) is 0 Å². The minimum atomic E-state index is -0.284. The van der Waals surface area contributed by atoms with Gasteiger partial charge in [0.2, 0.25) is 0 Å². The first-order valence-corrected chi connectivity index (χ1v) is 9.10. The van der Waals surface area contributed by atoms with E-state index < -0.39 is 0 Å². The van der Waals surface area contributed by atoms with Crippen LogP contribution in [0.5, 0.6) is 0 Å². The smallest absolute Gasteiger partial charge is 0.276 e. The number of aromatic amines is 2. The quantitative estimate of drug-likeness (QED) is 0.430. The number of amides is 2. The predicted molar refractivity (Wildman–Crippen MR) is 111 cm³/mol. The lowest BCUT2D eigenvalue weighted by molar-refractivity contribution is 0.0962. The van der Waals surface area contributed by atoms with Gasteiger partial charge in [-0.3, -0.25) is 14.7 Å². The van der Waals surface area contributed by atoms with Gasteiger partial charge in [-0.05, 0) is 43.7 Å². The molecule has 0 bridgehead atoms. The molecule has 8 nitrogen and oxygen atoms in total. The third kappa shape index (κ3) is 3.47. The van der Waals surface area contributed by atoms with E-state index in [-0.39, 0.29) is 11.8 Å². The number of aromatic nitrogens is 4. The van der Waals surface area contributed by atoms with Gasteiger partial charge in [0.15, 0.2) is 5.69 Å². The van der Waals surface area contributed by atoms with Crippen LogP contribution in [0.4, 0.5) is 5.69 Å². The molecule has 4 aromatic rings. The molecule has 0 aliphatic carbocycles. The molecule has 146 valence electrons. The van der Waals surface area contributed by atoms with Crippen LogP contribution in [0.15, 0.2) is 42.6 Å². The highest BCUT2D eigenvalue weighted by Crippen LogP contribution is 2.25. The van der Waals surface area contributed by atoms with E-state index in [2.05, 4.69) is 30.8 Å². The molecule has 0 fully saturated rings. The van der Waals surface area contributed by atoms with Crippen molar-refractivity contribution in [3.05, 3.63) is 65.1 Å². The van der Waals surface area contributed by atoms with E-state index in [0.29, 0.717) is 22.6 Å². The maximum atomic E-state index is 12.5. The second-order valence-corrected chi connectivity index (χ2v) is 6.78. The van der Waals surface area contributed by atoms with Crippen molar-refractivity contribution in [2.75, 3.05) is 12.4 Å². The number of anilines is 1. The number of aryl methyl sites for hydroxylation is 1. The number of carbonyl (C=O) groups is 2. The lowest BCUT2D eigenvalue weighted by Gasteiger charge is -2.03. The van der Waals surface area contributed by atoms with Crippen LogP contribution < -0.4 is 10.6 Å². The van der Waals surface area contributed by atoms with Crippen LogP contribution in [0.25, 0.3) is 22.3 Å². The number of rotatable bonds is 4. The van der Waals surface area contributed by atoms with Crippen molar-refractivity contribution in [1.29, 1.82) is 0 Å². The molecule has 4 N–H and O–H groups in total. The third-order valence-electron chi connectivity index (χ3n) is 4.88. The lowest BCUT2D eigenvalue weighted by Crippen LogP contribution is -2.17. The van der Waals surface area contributed by atoms with Gasteiger partial charge >= 0.3 is 0 Å². The van der Waals surface area contributed by atoms with Crippen molar-refractivity contribution in [3.63, 3.8) is 0 Å². The van der Waals surface area contributed by atoms with Gasteiger partial charge in [0.25, 0.3) is 11.8 Å². The molecule has 3 heterocycles. The molecule has 29 heavy (non-hydrogen) atoms. The third-order valence-corrected chi connectivity index (χ3v) is 4.88. The summed E-state index contributed by atoms with van der Waals surface area (Å²) in [5.41, 5.74) is 5.75. The molecule has 0 spiro atoms. The van der Waals surface area contributed by atoms with Crippen molar-refractivity contribution in [3.8, 4) is 11.3 Å². The second-order valence-electron chi connectivity index (χ2n) is 6.78. The first-order valence-electron chi connectivity index (χ1n) is 9.10. The number of hydrogen-bond acceptors (Lipinski definition) is 4. The largest absolute Gasteiger partial charge is 0.355 e. The van der Waals surface area contributed by atoms with Crippen LogP contribution in [0.3, 0.4) is 0 Å². The molecule has 0 aliphatic rings. The molecule has 0 saturated carbocycles. The topological polar surface area (TPSA) is 116 Å². The summed E-state index contributed by atoms with van der Waals surface area (Å²) < 4.78 is 0. The molecule has 0 radical (unpaired) electrons. The Bertz CT molecular complexity index is 1220. The number of carbonyl (C=O) groups excluding carboxylic acids is 2. The number of fused-ring (bicyclic) bond motifs is 1. The Hall–Kier alpha value is -3.94. The fraction of sp³-hybridized carbons (Fsp3) is 0.143. The van der Waals surface area contributed by atoms with Crippen molar-refractivity contribution < 1.29 is 9.59 Å². The zero-order chi connectivity index (χ0) is 20.5. The minimum absolute atomic E-state index is 0.127. The zero-order valence-corrected chi connectivity index (χ0v) is 16.3. The first-order chi connectivity index (χ1) is 14.0. The van der Waals surface area contributed by atoms with Crippen LogP contribution in [0, 0.1) is 13.8 Å². The standard InChI is InChI=1S/C21H20N6O2/c1-11-12(2)26-27-18(11)21(29)24-16-8-15-9-17(25-19(15)23-10-16)13-4-6-14(7-5-13)20(28)22-3/h4-10H,1-3H3,(H,22,28)(H,23,25)(H,24,29)(H,26,27). The zero-order valence-electron chi connectivity index (χ0n) is 16.3. The van der Waals surface area contributed by atoms with Crippen molar-refractivity contribution in [2.45, 2.75) is 13.8 Å². The fourth-order valence-corrected chi connectivity index (χ4v) is 3.08. The van der Waals surface area contributed by atoms with Crippen LogP contribution in [0.1, 0.15) is 32.1 Å². The van der Waals surface area contributed by atoms with E-state index >= 15 is 0 Å². The Kier molecular flexibility index (Phi) is 4.59. The van der Waals surface area contributed by atoms with Gasteiger partial charge in [0, 0.05) is 34.9 Å². The lowest BCUT2D eigenvalue weighted by atomic mass is 10.1. The normalized spacial score (nSPS) is 10.9. The summed E-state index contributed by atoms with van der Waals surface area (Å²) >= 11 is 0. The Labute approximate surface area is 166 Å². The van der Waals surface area contributed by atoms with Crippen molar-refractivity contribution in [2.24, 2.45) is 0 Å². The highest BCUT2D eigenvalue weighted by molar-refractivity contribution is 6.04. The predicted octanol–water partition coefficient (Wildman–Crippen LogP) is 3.18. The molecule has 2 amide bonds. The van der Waals surface area contributed by atoms with E-state index in [1.165, 1.54) is 0 Å². The molecular formula is C21H20N6O2. The average molecular weight is 388 g/mol. The highest BCUT2D eigenvalue weighted by atomic mass is 16.2. The van der Waals surface area contributed by atoms with E-state index in [0.717, 1.165) is 27.9 Å². The summed E-state index contributed by atoms with van der Waals surface area (Å²) in [5.74, 6) is -0.411. The fourth-order valence-electron chi connectivity index (χ4n) is 3.08. The number of benzene rings is 1. The molecule has 0 unspecified atom stereocenters. The molecule has 8 heteroatoms. The summed E-state index contributed by atoms with van der Waals surface area (Å²) in [6.45, 7) is 3.72. The van der Waals surface area contributed by atoms with E-state index in [9.17, 15) is 9.59 Å². The van der Waals surface area contributed by atoms with E-state index in [1.54, 1.807) is 25.4 Å². The number of H-pyrrole nitrogens is 2. The maximum absolute atomic E-state index is 12.5. The van der Waals surface area contributed by atoms with Crippen LogP contribution in [-0.2, 0) is 0 Å². The van der Waals surface area contributed by atoms with E-state index in [1.807, 2.05) is 38.1 Å². The maximum Gasteiger partial charge on any atom is 0.276 e. The summed E-state index contributed by atoms with van der Waals surface area (Å²) in [5, 5.41) is 13.2. The number of nitrogens with zero attached hydrogens (tertiary/aromatic N) is 2. The van der Waals surface area contributed by atoms with Crippen LogP contribution in [-0.4, -0.2) is 39.0 Å². The molecule has 4 rings (SSSR count). The second kappa shape index (κ2) is 7.23. The van der Waals surface area contributed by atoms with Crippen molar-refractivity contribution >= 4 is 28.5 Å². The number of nitrogens with one attached hydrogen (secondary N) is 4. The van der Waals surface area contributed by atoms with Gasteiger partial charge in [-0.1, -0.05) is 12.1 Å². The van der Waals surface area contributed by atoms with Gasteiger partial charge < -0.3 is 15.6 Å². The summed E-state index contributed by atoms with van der Waals surface area (Å²) in [6.07, 6.45) is 1.60. The monoisotopic (exact) mass is 388 g/mol. The summed E-state index contributed by atoms with van der Waals surface area (Å²) in [6, 6.07) is 11.1. The van der Waals surface area contributed by atoms with Gasteiger partial charge in [0.05, 0.1) is 11.9 Å². The molecule has 0 aliphatic heterocycles. The number of hydrogen-bond donors (Lipinski definition) is 4. The Morgan fingerprint density at radius 3 is 2.45 bits per heavy atom. The SMILES string of the molecule is CNC(=O)c1ccc(-c2cc3cc(NC(=O)c4n[nH]c(C)c4C)cnc3[nH]2)cc1. The number of pyridine rings is 1. The Morgan fingerprint density at radius 2 is 1.79 bits per heavy atom. The summed E-state index contributed by atoms with van der Waals surface area (Å²) in [4.78, 5) is 31.8. The van der Waals surface area contributed by atoms with Gasteiger partial charge in [0.1, 0.15) is 5.65 Å². The van der Waals surface area contributed by atoms with Gasteiger partial charge in [-0.25, -0.2) is 4.98 Å². The van der Waals surface area contributed by atoms with Crippen LogP contribution in [0.2, 0.25) is 0 Å². The average Bonchev–Trinajstić information content (AvgIpc) is 3.30. The molecule has 0 saturated heterocycles. The first kappa shape index (κ1) is 18.4. The molecule has 0 atom stereocenters. The molecular weight excluding hydrogens is 368 g/mol. The summed E-state index contributed by atoms with van der Waals surface area (Å²) in [7, 11) is 1.60. The molecule has 1 aromatic carbocycles. The van der Waals surface area contributed by atoms with Gasteiger partial charge in [-0.2, -0.15) is 5.10 Å². The van der Waals surface area contributed by atoms with E-state index in [4.69, 9.17) is 0 Å². The van der Waals surface area contributed by atoms with Crippen molar-refractivity contribution in [1.82, 2.24) is 25.5 Å². The molecule has 3 aromatic heterocycles. The van der Waals surface area contributed by atoms with Crippen LogP contribution >= 0.6 is 0 Å².